The molecule has 2 unspecified atom stereocenters. The Morgan fingerprint density at radius 2 is 1.55 bits per heavy atom. The Labute approximate surface area is 178 Å². The standard InChI is InChI=1S/C26H20O5/c1-29-16-13-11-15(12-14-16)21-22-18-8-4-6-10-20(18)25(27)31-24(22)19-9-5-3-7-17(19)23(21)26(28)30-2/h3-14,21,23H,1-2H3. The molecular formula is C26H20O5. The fraction of sp³-hybridized carbons (Fsp3) is 0.154. The van der Waals surface area contributed by atoms with Gasteiger partial charge in [0.2, 0.25) is 0 Å². The summed E-state index contributed by atoms with van der Waals surface area (Å²) in [7, 11) is 3.01. The van der Waals surface area contributed by atoms with Crippen LogP contribution in [0.25, 0.3) is 22.1 Å². The maximum Gasteiger partial charge on any atom is 0.344 e. The predicted octanol–water partition coefficient (Wildman–Crippen LogP) is 4.87. The van der Waals surface area contributed by atoms with Crippen molar-refractivity contribution >= 4 is 16.7 Å². The molecular weight excluding hydrogens is 392 g/mol. The molecule has 154 valence electrons. The molecule has 0 spiro atoms. The number of esters is 1. The molecule has 0 bridgehead atoms. The van der Waals surface area contributed by atoms with Gasteiger partial charge in [0.05, 0.1) is 25.5 Å². The van der Waals surface area contributed by atoms with Gasteiger partial charge < -0.3 is 13.9 Å². The molecule has 3 aromatic carbocycles. The topological polar surface area (TPSA) is 65.7 Å². The van der Waals surface area contributed by atoms with Crippen LogP contribution in [-0.4, -0.2) is 20.2 Å². The van der Waals surface area contributed by atoms with Crippen LogP contribution in [0, 0.1) is 0 Å². The van der Waals surface area contributed by atoms with Gasteiger partial charge in [0.25, 0.3) is 0 Å². The van der Waals surface area contributed by atoms with E-state index in [0.29, 0.717) is 11.1 Å². The van der Waals surface area contributed by atoms with Crippen LogP contribution in [0.4, 0.5) is 0 Å². The number of fused-ring (bicyclic) bond motifs is 5. The number of methoxy groups -OCH3 is 2. The molecule has 31 heavy (non-hydrogen) atoms. The summed E-state index contributed by atoms with van der Waals surface area (Å²) in [6.07, 6.45) is 0. The maximum absolute atomic E-state index is 13.1. The fourth-order valence-electron chi connectivity index (χ4n) is 4.61. The number of hydrogen-bond acceptors (Lipinski definition) is 5. The Hall–Kier alpha value is -3.86. The van der Waals surface area contributed by atoms with Crippen molar-refractivity contribution in [3.63, 3.8) is 0 Å². The van der Waals surface area contributed by atoms with Crippen molar-refractivity contribution in [2.24, 2.45) is 0 Å². The second-order valence-corrected chi connectivity index (χ2v) is 7.52. The highest BCUT2D eigenvalue weighted by atomic mass is 16.5. The zero-order valence-electron chi connectivity index (χ0n) is 17.1. The second-order valence-electron chi connectivity index (χ2n) is 7.52. The van der Waals surface area contributed by atoms with Crippen molar-refractivity contribution in [3.8, 4) is 17.1 Å². The van der Waals surface area contributed by atoms with Gasteiger partial charge in [0, 0.05) is 17.0 Å². The fourth-order valence-corrected chi connectivity index (χ4v) is 4.61. The van der Waals surface area contributed by atoms with Gasteiger partial charge in [-0.05, 0) is 34.7 Å². The van der Waals surface area contributed by atoms with Gasteiger partial charge in [0.1, 0.15) is 11.5 Å². The molecule has 1 heterocycles. The summed E-state index contributed by atoms with van der Waals surface area (Å²) in [6.45, 7) is 0. The van der Waals surface area contributed by atoms with Gasteiger partial charge in [-0.25, -0.2) is 4.79 Å². The van der Waals surface area contributed by atoms with E-state index in [1.165, 1.54) is 7.11 Å². The van der Waals surface area contributed by atoms with Crippen LogP contribution in [0.15, 0.2) is 82.0 Å². The minimum atomic E-state index is -0.585. The number of benzene rings is 3. The average Bonchev–Trinajstić information content (AvgIpc) is 2.83. The van der Waals surface area contributed by atoms with E-state index in [9.17, 15) is 9.59 Å². The third-order valence-corrected chi connectivity index (χ3v) is 5.99. The Morgan fingerprint density at radius 1 is 0.871 bits per heavy atom. The summed E-state index contributed by atoms with van der Waals surface area (Å²) < 4.78 is 16.4. The number of rotatable bonds is 3. The molecule has 0 saturated carbocycles. The van der Waals surface area contributed by atoms with Crippen molar-refractivity contribution < 1.29 is 18.7 Å². The first kappa shape index (κ1) is 19.1. The minimum Gasteiger partial charge on any atom is -0.497 e. The summed E-state index contributed by atoms with van der Waals surface area (Å²) in [4.78, 5) is 25.9. The van der Waals surface area contributed by atoms with Crippen molar-refractivity contribution in [2.75, 3.05) is 14.2 Å². The van der Waals surface area contributed by atoms with Crippen molar-refractivity contribution in [1.82, 2.24) is 0 Å². The first-order chi connectivity index (χ1) is 15.1. The van der Waals surface area contributed by atoms with E-state index >= 15 is 0 Å². The molecule has 0 aliphatic heterocycles. The van der Waals surface area contributed by atoms with Crippen LogP contribution < -0.4 is 10.4 Å². The number of carbonyl (C=O) groups is 1. The van der Waals surface area contributed by atoms with E-state index in [0.717, 1.165) is 33.4 Å². The minimum absolute atomic E-state index is 0.339. The van der Waals surface area contributed by atoms with Gasteiger partial charge >= 0.3 is 11.6 Å². The molecule has 1 aromatic heterocycles. The Bertz CT molecular complexity index is 1350. The molecule has 1 aliphatic rings. The van der Waals surface area contributed by atoms with Crippen LogP contribution in [-0.2, 0) is 9.53 Å². The molecule has 0 N–H and O–H groups in total. The molecule has 0 saturated heterocycles. The molecule has 1 aliphatic carbocycles. The highest BCUT2D eigenvalue weighted by Crippen LogP contribution is 2.51. The van der Waals surface area contributed by atoms with Gasteiger partial charge in [-0.3, -0.25) is 4.79 Å². The van der Waals surface area contributed by atoms with Gasteiger partial charge in [-0.2, -0.15) is 0 Å². The smallest absolute Gasteiger partial charge is 0.344 e. The Morgan fingerprint density at radius 3 is 2.26 bits per heavy atom. The van der Waals surface area contributed by atoms with E-state index in [-0.39, 0.29) is 5.97 Å². The van der Waals surface area contributed by atoms with Gasteiger partial charge in [0.15, 0.2) is 0 Å². The number of carbonyl (C=O) groups excluding carboxylic acids is 1. The molecule has 0 radical (unpaired) electrons. The van der Waals surface area contributed by atoms with E-state index in [2.05, 4.69) is 0 Å². The second kappa shape index (κ2) is 7.43. The lowest BCUT2D eigenvalue weighted by Gasteiger charge is -2.34. The zero-order valence-corrected chi connectivity index (χ0v) is 17.1. The maximum atomic E-state index is 13.1. The van der Waals surface area contributed by atoms with Crippen LogP contribution in [0.1, 0.15) is 28.5 Å². The zero-order chi connectivity index (χ0) is 21.5. The number of ether oxygens (including phenoxy) is 2. The number of hydrogen-bond donors (Lipinski definition) is 0. The van der Waals surface area contributed by atoms with Crippen molar-refractivity contribution in [3.05, 3.63) is 99.9 Å². The van der Waals surface area contributed by atoms with Gasteiger partial charge in [-0.1, -0.05) is 54.6 Å². The van der Waals surface area contributed by atoms with E-state index in [1.54, 1.807) is 13.2 Å². The van der Waals surface area contributed by atoms with Crippen LogP contribution in [0.3, 0.4) is 0 Å². The Kier molecular flexibility index (Phi) is 4.59. The molecule has 4 aromatic rings. The lowest BCUT2D eigenvalue weighted by atomic mass is 9.69. The van der Waals surface area contributed by atoms with Crippen molar-refractivity contribution in [1.29, 1.82) is 0 Å². The molecule has 0 fully saturated rings. The molecule has 2 atom stereocenters. The quantitative estimate of drug-likeness (QED) is 0.449. The van der Waals surface area contributed by atoms with Crippen LogP contribution in [0.2, 0.25) is 0 Å². The normalized spacial score (nSPS) is 17.0. The summed E-state index contributed by atoms with van der Waals surface area (Å²) in [5.74, 6) is -0.0931. The predicted molar refractivity (Wildman–Crippen MR) is 118 cm³/mol. The monoisotopic (exact) mass is 412 g/mol. The summed E-state index contributed by atoms with van der Waals surface area (Å²) >= 11 is 0. The molecule has 5 nitrogen and oxygen atoms in total. The van der Waals surface area contributed by atoms with E-state index in [4.69, 9.17) is 13.9 Å². The van der Waals surface area contributed by atoms with Gasteiger partial charge in [-0.15, -0.1) is 0 Å². The summed E-state index contributed by atoms with van der Waals surface area (Å²) in [6, 6.07) is 22.5. The van der Waals surface area contributed by atoms with E-state index in [1.807, 2.05) is 66.7 Å². The highest BCUT2D eigenvalue weighted by molar-refractivity contribution is 5.95. The van der Waals surface area contributed by atoms with Crippen LogP contribution in [0.5, 0.6) is 5.75 Å². The average molecular weight is 412 g/mol. The summed E-state index contributed by atoms with van der Waals surface area (Å²) in [5, 5.41) is 1.26. The first-order valence-electron chi connectivity index (χ1n) is 10.0. The molecule has 5 rings (SSSR count). The molecule has 5 heteroatoms. The van der Waals surface area contributed by atoms with Crippen LogP contribution >= 0.6 is 0 Å². The Balaban J connectivity index is 1.91. The third kappa shape index (κ3) is 2.93. The van der Waals surface area contributed by atoms with Crippen molar-refractivity contribution in [2.45, 2.75) is 11.8 Å². The summed E-state index contributed by atoms with van der Waals surface area (Å²) in [5.41, 5.74) is 2.84. The highest BCUT2D eigenvalue weighted by Gasteiger charge is 2.42. The van der Waals surface area contributed by atoms with E-state index < -0.39 is 17.5 Å². The lowest BCUT2D eigenvalue weighted by molar-refractivity contribution is -0.142. The molecule has 0 amide bonds. The lowest BCUT2D eigenvalue weighted by Crippen LogP contribution is -2.27. The third-order valence-electron chi connectivity index (χ3n) is 5.99. The largest absolute Gasteiger partial charge is 0.497 e. The SMILES string of the molecule is COC(=O)C1c2ccccc2-c2oc(=O)c3ccccc3c2C1c1ccc(OC)cc1. The first-order valence-corrected chi connectivity index (χ1v) is 10.0.